The number of rotatable bonds is 3. The van der Waals surface area contributed by atoms with E-state index >= 15 is 0 Å². The topological polar surface area (TPSA) is 84.5 Å². The zero-order valence-electron chi connectivity index (χ0n) is 10.1. The lowest BCUT2D eigenvalue weighted by atomic mass is 10.2. The van der Waals surface area contributed by atoms with Crippen LogP contribution in [0.25, 0.3) is 0 Å². The van der Waals surface area contributed by atoms with Gasteiger partial charge in [0, 0.05) is 12.5 Å². The molecule has 0 aliphatic carbocycles. The highest BCUT2D eigenvalue weighted by Gasteiger charge is 2.30. The van der Waals surface area contributed by atoms with Crippen molar-refractivity contribution in [3.63, 3.8) is 0 Å². The Labute approximate surface area is 119 Å². The molecule has 112 valence electrons. The molecule has 0 radical (unpaired) electrons. The summed E-state index contributed by atoms with van der Waals surface area (Å²) >= 11 is 0.809. The van der Waals surface area contributed by atoms with Crippen LogP contribution in [0.15, 0.2) is 11.1 Å². The minimum Gasteiger partial charge on any atom is -0.378 e. The van der Waals surface area contributed by atoms with Crippen LogP contribution in [-0.2, 0) is 9.59 Å². The van der Waals surface area contributed by atoms with Crippen molar-refractivity contribution in [3.8, 4) is 0 Å². The van der Waals surface area contributed by atoms with Crippen molar-refractivity contribution in [2.45, 2.75) is 11.7 Å². The summed E-state index contributed by atoms with van der Waals surface area (Å²) < 4.78 is 52.6. The second-order valence-corrected chi connectivity index (χ2v) is 5.21. The van der Waals surface area contributed by atoms with Crippen LogP contribution in [0.5, 0.6) is 0 Å². The molecule has 1 aliphatic heterocycles. The van der Waals surface area contributed by atoms with Gasteiger partial charge in [-0.1, -0.05) is 11.8 Å². The zero-order chi connectivity index (χ0) is 15.7. The first-order valence-electron chi connectivity index (χ1n) is 5.47. The summed E-state index contributed by atoms with van der Waals surface area (Å²) in [5, 5.41) is 0.725. The predicted octanol–water partition coefficient (Wildman–Crippen LogP) is 1.53. The Balaban J connectivity index is 2.12. The summed E-state index contributed by atoms with van der Waals surface area (Å²) in [7, 11) is 0. The van der Waals surface area contributed by atoms with Crippen LogP contribution >= 0.6 is 11.8 Å². The van der Waals surface area contributed by atoms with E-state index < -0.39 is 52.4 Å². The van der Waals surface area contributed by atoms with Gasteiger partial charge in [-0.2, -0.15) is 4.99 Å². The van der Waals surface area contributed by atoms with Crippen molar-refractivity contribution in [1.29, 1.82) is 0 Å². The summed E-state index contributed by atoms with van der Waals surface area (Å²) in [5.41, 5.74) is 4.02. The van der Waals surface area contributed by atoms with Gasteiger partial charge < -0.3 is 11.1 Å². The third kappa shape index (κ3) is 3.15. The van der Waals surface area contributed by atoms with Gasteiger partial charge in [0.2, 0.25) is 5.91 Å². The number of nitrogens with two attached hydrogens (primary N) is 1. The maximum atomic E-state index is 13.3. The predicted molar refractivity (Wildman–Crippen MR) is 67.5 cm³/mol. The first-order chi connectivity index (χ1) is 9.79. The van der Waals surface area contributed by atoms with Crippen molar-refractivity contribution in [2.75, 3.05) is 5.32 Å². The van der Waals surface area contributed by atoms with E-state index in [0.29, 0.717) is 0 Å². The van der Waals surface area contributed by atoms with E-state index in [4.69, 9.17) is 5.73 Å². The largest absolute Gasteiger partial charge is 0.378 e. The van der Waals surface area contributed by atoms with Gasteiger partial charge >= 0.3 is 0 Å². The van der Waals surface area contributed by atoms with Crippen LogP contribution < -0.4 is 11.1 Å². The Bertz CT molecular complexity index is 639. The Kier molecular flexibility index (Phi) is 4.16. The van der Waals surface area contributed by atoms with Crippen molar-refractivity contribution < 1.29 is 27.2 Å². The van der Waals surface area contributed by atoms with E-state index in [0.717, 1.165) is 11.8 Å². The number of nitrogens with zero attached hydrogens (tertiary/aromatic N) is 1. The van der Waals surface area contributed by atoms with Gasteiger partial charge in [0.05, 0.1) is 0 Å². The fraction of sp³-hybridized carbons (Fsp3) is 0.182. The lowest BCUT2D eigenvalue weighted by molar-refractivity contribution is -0.121. The number of nitrogens with one attached hydrogen (secondary N) is 1. The maximum Gasteiger partial charge on any atom is 0.262 e. The molecule has 10 heteroatoms. The molecule has 0 saturated heterocycles. The highest BCUT2D eigenvalue weighted by Crippen LogP contribution is 2.26. The maximum absolute atomic E-state index is 13.3. The molecule has 5 nitrogen and oxygen atoms in total. The van der Waals surface area contributed by atoms with Crippen molar-refractivity contribution in [3.05, 3.63) is 29.3 Å². The average Bonchev–Trinajstić information content (AvgIpc) is 2.70. The summed E-state index contributed by atoms with van der Waals surface area (Å²) in [5.74, 6) is -8.44. The Morgan fingerprint density at radius 2 is 1.86 bits per heavy atom. The Hall–Kier alpha value is -2.10. The molecule has 2 rings (SSSR count). The van der Waals surface area contributed by atoms with Gasteiger partial charge in [-0.3, -0.25) is 9.59 Å². The van der Waals surface area contributed by atoms with E-state index in [1.807, 2.05) is 0 Å². The molecular formula is C11H7F4N3O2S. The highest BCUT2D eigenvalue weighted by atomic mass is 32.2. The quantitative estimate of drug-likeness (QED) is 0.653. The molecule has 3 N–H and O–H groups in total. The molecule has 0 fully saturated rings. The molecule has 0 spiro atoms. The normalized spacial score (nSPS) is 17.8. The third-order valence-electron chi connectivity index (χ3n) is 2.51. The van der Waals surface area contributed by atoms with Gasteiger partial charge in [0.25, 0.3) is 5.91 Å². The number of halogens is 4. The van der Waals surface area contributed by atoms with Crippen LogP contribution in [0.2, 0.25) is 0 Å². The number of thioether (sulfide) groups is 1. The summed E-state index contributed by atoms with van der Waals surface area (Å²) in [6.45, 7) is 0. The van der Waals surface area contributed by atoms with Crippen molar-refractivity contribution in [2.24, 2.45) is 10.7 Å². The minimum absolute atomic E-state index is 0.0191. The highest BCUT2D eigenvalue weighted by molar-refractivity contribution is 8.15. The van der Waals surface area contributed by atoms with E-state index in [9.17, 15) is 27.2 Å². The van der Waals surface area contributed by atoms with Gasteiger partial charge in [0.1, 0.15) is 10.9 Å². The number of anilines is 1. The van der Waals surface area contributed by atoms with E-state index in [2.05, 4.69) is 4.99 Å². The van der Waals surface area contributed by atoms with Gasteiger partial charge in [-0.25, -0.2) is 17.6 Å². The van der Waals surface area contributed by atoms with Crippen LogP contribution in [0.1, 0.15) is 6.42 Å². The van der Waals surface area contributed by atoms with E-state index in [1.54, 1.807) is 5.32 Å². The van der Waals surface area contributed by atoms with Gasteiger partial charge in [0.15, 0.2) is 28.4 Å². The molecule has 1 heterocycles. The summed E-state index contributed by atoms with van der Waals surface area (Å²) in [4.78, 5) is 26.2. The molecule has 1 unspecified atom stereocenters. The van der Waals surface area contributed by atoms with Crippen molar-refractivity contribution in [1.82, 2.24) is 0 Å². The van der Waals surface area contributed by atoms with Crippen LogP contribution in [0.4, 0.5) is 23.2 Å². The van der Waals surface area contributed by atoms with E-state index in [1.165, 1.54) is 0 Å². The number of benzene rings is 1. The number of amides is 2. The molecule has 0 aromatic heterocycles. The van der Waals surface area contributed by atoms with Gasteiger partial charge in [-0.15, -0.1) is 0 Å². The summed E-state index contributed by atoms with van der Waals surface area (Å²) in [6.07, 6.45) is -0.495. The number of carbonyl (C=O) groups is 2. The Morgan fingerprint density at radius 3 is 2.33 bits per heavy atom. The average molecular weight is 321 g/mol. The number of hydrogen-bond acceptors (Lipinski definition) is 4. The molecule has 1 aliphatic rings. The number of carbonyl (C=O) groups excluding carboxylic acids is 2. The smallest absolute Gasteiger partial charge is 0.262 e. The molecular weight excluding hydrogens is 314 g/mol. The fourth-order valence-corrected chi connectivity index (χ4v) is 2.40. The number of aliphatic imine (C=N–C) groups is 1. The SMILES string of the molecule is NC1=NC(=O)C(CC(=O)Nc2c(F)c(F)cc(F)c2F)S1. The lowest BCUT2D eigenvalue weighted by Gasteiger charge is -2.10. The first-order valence-corrected chi connectivity index (χ1v) is 6.35. The second-order valence-electron chi connectivity index (χ2n) is 3.99. The monoisotopic (exact) mass is 321 g/mol. The molecule has 1 aromatic carbocycles. The van der Waals surface area contributed by atoms with E-state index in [-0.39, 0.29) is 11.2 Å². The molecule has 2 amide bonds. The number of amidine groups is 1. The molecule has 21 heavy (non-hydrogen) atoms. The molecule has 0 bridgehead atoms. The second kappa shape index (κ2) is 5.72. The molecule has 0 saturated carbocycles. The van der Waals surface area contributed by atoms with Crippen molar-refractivity contribution >= 4 is 34.4 Å². The summed E-state index contributed by atoms with van der Waals surface area (Å²) in [6, 6.07) is 0.0191. The number of hydrogen-bond donors (Lipinski definition) is 2. The van der Waals surface area contributed by atoms with Gasteiger partial charge in [-0.05, 0) is 0 Å². The fourth-order valence-electron chi connectivity index (χ4n) is 1.57. The third-order valence-corrected chi connectivity index (χ3v) is 3.49. The first kappa shape index (κ1) is 15.3. The zero-order valence-corrected chi connectivity index (χ0v) is 10.9. The lowest BCUT2D eigenvalue weighted by Crippen LogP contribution is -2.23. The molecule has 1 aromatic rings. The van der Waals surface area contributed by atoms with Crippen LogP contribution in [0.3, 0.4) is 0 Å². The standard InChI is InChI=1S/C11H7F4N3O2S/c12-3-1-4(13)8(15)9(7(3)14)17-6(19)2-5-10(20)18-11(16)21-5/h1,5H,2H2,(H,17,19)(H2,16,18,20). The minimum atomic E-state index is -1.73. The van der Waals surface area contributed by atoms with Crippen LogP contribution in [0, 0.1) is 23.3 Å². The Morgan fingerprint density at radius 1 is 1.29 bits per heavy atom. The van der Waals surface area contributed by atoms with Crippen LogP contribution in [-0.4, -0.2) is 22.2 Å². The molecule has 1 atom stereocenters.